The molecule has 0 saturated carbocycles. The van der Waals surface area contributed by atoms with Gasteiger partial charge in [0.25, 0.3) is 5.79 Å². The van der Waals surface area contributed by atoms with Crippen molar-refractivity contribution in [1.29, 1.82) is 0 Å². The number of carbonyl (C=O) groups excluding carboxylic acids is 1. The predicted octanol–water partition coefficient (Wildman–Crippen LogP) is 5.08. The summed E-state index contributed by atoms with van der Waals surface area (Å²) in [5.41, 5.74) is 3.06. The van der Waals surface area contributed by atoms with E-state index in [-0.39, 0.29) is 0 Å². The molecule has 4 nitrogen and oxygen atoms in total. The van der Waals surface area contributed by atoms with Gasteiger partial charge in [-0.3, -0.25) is 0 Å². The number of carbonyl (C=O) groups is 1. The van der Waals surface area contributed by atoms with Crippen molar-refractivity contribution < 1.29 is 19.7 Å². The third-order valence-electron chi connectivity index (χ3n) is 5.36. The van der Waals surface area contributed by atoms with Crippen LogP contribution < -0.4 is 0 Å². The van der Waals surface area contributed by atoms with Crippen molar-refractivity contribution in [3.8, 4) is 0 Å². The Morgan fingerprint density at radius 2 is 2.07 bits per heavy atom. The molecule has 0 aromatic rings. The van der Waals surface area contributed by atoms with Crippen LogP contribution in [0.2, 0.25) is 0 Å². The molecule has 4 heteroatoms. The summed E-state index contributed by atoms with van der Waals surface area (Å²) < 4.78 is 4.50. The number of hydrogen-bond donors (Lipinski definition) is 2. The molecule has 1 aliphatic carbocycles. The van der Waals surface area contributed by atoms with Gasteiger partial charge >= 0.3 is 5.97 Å². The third kappa shape index (κ3) is 8.18. The highest BCUT2D eigenvalue weighted by molar-refractivity contribution is 5.77. The topological polar surface area (TPSA) is 66.8 Å². The molecule has 0 amide bonds. The van der Waals surface area contributed by atoms with E-state index < -0.39 is 17.7 Å². The first kappa shape index (κ1) is 24.4. The fourth-order valence-electron chi connectivity index (χ4n) is 3.56. The molecule has 0 radical (unpaired) electrons. The lowest BCUT2D eigenvalue weighted by Crippen LogP contribution is -2.45. The van der Waals surface area contributed by atoms with Gasteiger partial charge in [0.15, 0.2) is 0 Å². The third-order valence-corrected chi connectivity index (χ3v) is 5.36. The molecule has 0 aromatic carbocycles. The summed E-state index contributed by atoms with van der Waals surface area (Å²) in [5.74, 6) is -3.30. The minimum absolute atomic E-state index is 0.459. The van der Waals surface area contributed by atoms with E-state index in [0.29, 0.717) is 18.3 Å². The first-order valence-corrected chi connectivity index (χ1v) is 10.7. The van der Waals surface area contributed by atoms with Crippen LogP contribution in [0.15, 0.2) is 42.2 Å². The number of rotatable bonds is 13. The molecule has 2 N–H and O–H groups in total. The van der Waals surface area contributed by atoms with Crippen molar-refractivity contribution in [3.05, 3.63) is 42.2 Å². The molecule has 1 rings (SSSR count). The van der Waals surface area contributed by atoms with E-state index in [0.717, 1.165) is 32.8 Å². The van der Waals surface area contributed by atoms with E-state index in [1.54, 1.807) is 6.08 Å². The van der Waals surface area contributed by atoms with Gasteiger partial charge in [0.05, 0.1) is 7.11 Å². The first-order chi connectivity index (χ1) is 13.5. The average molecular weight is 391 g/mol. The number of hydrogen-bond acceptors (Lipinski definition) is 4. The van der Waals surface area contributed by atoms with Crippen LogP contribution in [-0.4, -0.2) is 29.1 Å². The summed E-state index contributed by atoms with van der Waals surface area (Å²) in [6, 6.07) is 0. The molecule has 0 heterocycles. The van der Waals surface area contributed by atoms with Gasteiger partial charge in [-0.05, 0) is 56.1 Å². The Hall–Kier alpha value is -1.61. The summed E-state index contributed by atoms with van der Waals surface area (Å²) in [4.78, 5) is 11.6. The summed E-state index contributed by atoms with van der Waals surface area (Å²) in [6.45, 7) is 4.16. The first-order valence-electron chi connectivity index (χ1n) is 10.7. The zero-order valence-corrected chi connectivity index (χ0v) is 17.8. The van der Waals surface area contributed by atoms with Crippen LogP contribution in [0.3, 0.4) is 0 Å². The summed E-state index contributed by atoms with van der Waals surface area (Å²) in [6.07, 6.45) is 22.1. The molecule has 3 atom stereocenters. The normalized spacial score (nSPS) is 20.2. The summed E-state index contributed by atoms with van der Waals surface area (Å²) in [5, 5.41) is 20.2. The Morgan fingerprint density at radius 1 is 1.29 bits per heavy atom. The molecule has 0 fully saturated rings. The van der Waals surface area contributed by atoms with Crippen LogP contribution in [0, 0.1) is 17.8 Å². The van der Waals surface area contributed by atoms with Crippen molar-refractivity contribution in [1.82, 2.24) is 0 Å². The van der Waals surface area contributed by atoms with Crippen molar-refractivity contribution >= 4 is 5.97 Å². The van der Waals surface area contributed by atoms with Gasteiger partial charge < -0.3 is 14.9 Å². The number of allylic oxidation sites excluding steroid dienone is 4. The Balaban J connectivity index is 2.58. The van der Waals surface area contributed by atoms with Crippen LogP contribution in [0.1, 0.15) is 71.6 Å². The molecule has 0 aliphatic heterocycles. The van der Waals surface area contributed by atoms with Gasteiger partial charge in [0.1, 0.15) is 0 Å². The molecule has 28 heavy (non-hydrogen) atoms. The van der Waals surface area contributed by atoms with Gasteiger partial charge in [0, 0.05) is 5.92 Å². The number of aliphatic hydroxyl groups is 2. The molecule has 158 valence electrons. The van der Waals surface area contributed by atoms with Crippen molar-refractivity contribution in [2.75, 3.05) is 7.11 Å². The monoisotopic (exact) mass is 390 g/mol. The van der Waals surface area contributed by atoms with E-state index in [1.165, 1.54) is 25.7 Å². The van der Waals surface area contributed by atoms with Gasteiger partial charge in [-0.15, -0.1) is 5.73 Å². The zero-order valence-electron chi connectivity index (χ0n) is 17.8. The average Bonchev–Trinajstić information content (AvgIpc) is 3.13. The maximum Gasteiger partial charge on any atom is 0.366 e. The fourth-order valence-corrected chi connectivity index (χ4v) is 3.56. The lowest BCUT2D eigenvalue weighted by Gasteiger charge is -2.25. The minimum Gasteiger partial charge on any atom is -0.465 e. The second-order valence-corrected chi connectivity index (χ2v) is 7.66. The van der Waals surface area contributed by atoms with Crippen LogP contribution in [0.5, 0.6) is 0 Å². The van der Waals surface area contributed by atoms with E-state index in [4.69, 9.17) is 0 Å². The quantitative estimate of drug-likeness (QED) is 0.151. The highest BCUT2D eigenvalue weighted by atomic mass is 16.6. The van der Waals surface area contributed by atoms with E-state index >= 15 is 0 Å². The lowest BCUT2D eigenvalue weighted by molar-refractivity contribution is -0.220. The smallest absolute Gasteiger partial charge is 0.366 e. The van der Waals surface area contributed by atoms with E-state index in [1.807, 2.05) is 13.0 Å². The van der Waals surface area contributed by atoms with Crippen LogP contribution in [-0.2, 0) is 9.53 Å². The number of ether oxygens (including phenoxy) is 1. The Bertz CT molecular complexity index is 567. The SMILES string of the molecule is CCCCCCC=C[C@H]1C=CC[C@@H]1CC=C=CC(CCC)C(O)(O)C(=O)OC. The Morgan fingerprint density at radius 3 is 2.75 bits per heavy atom. The second-order valence-electron chi connectivity index (χ2n) is 7.66. The molecule has 0 aromatic heterocycles. The highest BCUT2D eigenvalue weighted by Gasteiger charge is 2.41. The fraction of sp³-hybridized carbons (Fsp3) is 0.667. The van der Waals surface area contributed by atoms with Crippen molar-refractivity contribution in [3.63, 3.8) is 0 Å². The summed E-state index contributed by atoms with van der Waals surface area (Å²) >= 11 is 0. The van der Waals surface area contributed by atoms with Crippen molar-refractivity contribution in [2.45, 2.75) is 77.4 Å². The lowest BCUT2D eigenvalue weighted by atomic mass is 9.91. The van der Waals surface area contributed by atoms with Gasteiger partial charge in [-0.1, -0.05) is 63.8 Å². The van der Waals surface area contributed by atoms with Crippen LogP contribution >= 0.6 is 0 Å². The van der Waals surface area contributed by atoms with Crippen LogP contribution in [0.4, 0.5) is 0 Å². The van der Waals surface area contributed by atoms with E-state index in [2.05, 4.69) is 41.7 Å². The van der Waals surface area contributed by atoms with Gasteiger partial charge in [-0.25, -0.2) is 4.79 Å². The van der Waals surface area contributed by atoms with Gasteiger partial charge in [-0.2, -0.15) is 0 Å². The number of unbranched alkanes of at least 4 members (excludes halogenated alkanes) is 4. The standard InChI is InChI=1S/C24H38O4/c1-4-6-7-8-9-10-15-20-17-13-18-21(20)16-11-12-19-22(14-5-2)24(26,27)23(25)28-3/h10-11,13,15,17,19-22,26-27H,4-9,14,16,18H2,1-3H3/t12?,20-,21-,22?/m0/s1. The zero-order chi connectivity index (χ0) is 20.8. The minimum atomic E-state index is -2.51. The maximum atomic E-state index is 11.6. The molecule has 0 spiro atoms. The molecular weight excluding hydrogens is 352 g/mol. The molecule has 1 aliphatic rings. The Labute approximate surface area is 170 Å². The largest absolute Gasteiger partial charge is 0.465 e. The molecule has 0 saturated heterocycles. The molecular formula is C24H38O4. The predicted molar refractivity (Wildman–Crippen MR) is 113 cm³/mol. The van der Waals surface area contributed by atoms with Crippen molar-refractivity contribution in [2.24, 2.45) is 17.8 Å². The summed E-state index contributed by atoms with van der Waals surface area (Å²) in [7, 11) is 1.15. The number of methoxy groups -OCH3 is 1. The number of esters is 1. The second kappa shape index (κ2) is 13.5. The molecule has 0 bridgehead atoms. The van der Waals surface area contributed by atoms with E-state index in [9.17, 15) is 15.0 Å². The maximum absolute atomic E-state index is 11.6. The van der Waals surface area contributed by atoms with Crippen LogP contribution in [0.25, 0.3) is 0 Å². The Kier molecular flexibility index (Phi) is 11.8. The highest BCUT2D eigenvalue weighted by Crippen LogP contribution is 2.30. The van der Waals surface area contributed by atoms with Gasteiger partial charge in [0.2, 0.25) is 0 Å². The molecule has 1 unspecified atom stereocenters.